The average Bonchev–Trinajstić information content (AvgIpc) is 1.14. The van der Waals surface area contributed by atoms with Crippen LogP contribution < -0.4 is 4.13 Å². The zero-order valence-electron chi connectivity index (χ0n) is 3.84. The summed E-state index contributed by atoms with van der Waals surface area (Å²) in [6.45, 7) is 0. The number of rotatable bonds is 2. The normalized spacial score (nSPS) is 12.2. The molecule has 0 heterocycles. The molecule has 0 aromatic carbocycles. The monoisotopic (exact) mass is 201 g/mol. The molecule has 0 radical (unpaired) electrons. The van der Waals surface area contributed by atoms with Crippen LogP contribution in [0.3, 0.4) is 0 Å². The minimum absolute atomic E-state index is 0. The van der Waals surface area contributed by atoms with E-state index in [1.807, 2.05) is 0 Å². The van der Waals surface area contributed by atoms with Crippen LogP contribution in [0.1, 0.15) is 0 Å². The zero-order valence-corrected chi connectivity index (χ0v) is 5.48. The molecule has 0 unspecified atom stereocenters. The Kier molecular flexibility index (Phi) is 5.31. The van der Waals surface area contributed by atoms with E-state index < -0.39 is 20.6 Å². The Morgan fingerprint density at radius 3 is 1.10 bits per heavy atom. The van der Waals surface area contributed by atoms with Gasteiger partial charge in [-0.25, -0.2) is 0 Å². The molecule has 10 heavy (non-hydrogen) atoms. The van der Waals surface area contributed by atoms with E-state index in [1.54, 1.807) is 0 Å². The van der Waals surface area contributed by atoms with Gasteiger partial charge in [0.25, 0.3) is 0 Å². The Hall–Kier alpha value is 0.780. The van der Waals surface area contributed by atoms with Crippen molar-refractivity contribution in [1.82, 2.24) is 4.13 Å². The van der Waals surface area contributed by atoms with Gasteiger partial charge in [0, 0.05) is 0 Å². The second-order valence-corrected chi connectivity index (χ2v) is 3.60. The first-order valence-electron chi connectivity index (χ1n) is 1.44. The molecule has 0 bridgehead atoms. The van der Waals surface area contributed by atoms with Crippen molar-refractivity contribution in [2.45, 2.75) is 0 Å². The summed E-state index contributed by atoms with van der Waals surface area (Å²) in [5.41, 5.74) is 0. The predicted octanol–water partition coefficient (Wildman–Crippen LogP) is -2.47. The topological polar surface area (TPSA) is 121 Å². The first kappa shape index (κ1) is 13.4. The van der Waals surface area contributed by atoms with Crippen LogP contribution in [0.25, 0.3) is 0 Å². The molecule has 0 aliphatic heterocycles. The minimum atomic E-state index is -4.87. The first-order chi connectivity index (χ1) is 3.71. The second-order valence-electron chi connectivity index (χ2n) is 1.03. The van der Waals surface area contributed by atoms with Crippen molar-refractivity contribution in [3.8, 4) is 0 Å². The van der Waals surface area contributed by atoms with E-state index in [0.717, 1.165) is 0 Å². The molecule has 10 heteroatoms. The van der Waals surface area contributed by atoms with E-state index in [1.165, 1.54) is 0 Å². The molecule has 0 aromatic heterocycles. The van der Waals surface area contributed by atoms with Crippen molar-refractivity contribution in [3.05, 3.63) is 0 Å². The van der Waals surface area contributed by atoms with Crippen molar-refractivity contribution >= 4 is 50.2 Å². The molecule has 0 amide bonds. The fourth-order valence-electron chi connectivity index (χ4n) is 0.133. The summed E-state index contributed by atoms with van der Waals surface area (Å²) < 4.78 is 54.1. The fourth-order valence-corrected chi connectivity index (χ4v) is 1.20. The van der Waals surface area contributed by atoms with Crippen LogP contribution in [0.15, 0.2) is 0 Å². The molecular weight excluding hydrogens is 197 g/mol. The Morgan fingerprint density at radius 2 is 1.10 bits per heavy atom. The van der Waals surface area contributed by atoms with Crippen LogP contribution in [0.2, 0.25) is 0 Å². The van der Waals surface area contributed by atoms with Crippen LogP contribution in [0, 0.1) is 0 Å². The molecule has 0 atom stereocenters. The van der Waals surface area contributed by atoms with E-state index in [2.05, 4.69) is 0 Å². The fraction of sp³-hybridized carbons (Fsp3) is 0. The van der Waals surface area contributed by atoms with Gasteiger partial charge in [-0.05, 0) is 0 Å². The predicted molar refractivity (Wildman–Crippen MR) is 33.4 cm³/mol. The zero-order chi connectivity index (χ0) is 7.71. The van der Waals surface area contributed by atoms with Gasteiger partial charge in [-0.15, -0.1) is 0 Å². The van der Waals surface area contributed by atoms with Gasteiger partial charge in [-0.1, -0.05) is 4.13 Å². The van der Waals surface area contributed by atoms with Crippen LogP contribution >= 0.6 is 0 Å². The number of hydrogen-bond donors (Lipinski definition) is 3. The van der Waals surface area contributed by atoms with Gasteiger partial charge in [0.2, 0.25) is 0 Å². The van der Waals surface area contributed by atoms with E-state index in [4.69, 9.17) is 9.11 Å². The van der Waals surface area contributed by atoms with Crippen LogP contribution in [-0.4, -0.2) is 55.5 Å². The van der Waals surface area contributed by atoms with Gasteiger partial charge in [-0.2, -0.15) is 16.8 Å². The van der Waals surface area contributed by atoms with Gasteiger partial charge in [-0.3, -0.25) is 9.11 Å². The molecular formula is H4NNaO6S2. The summed E-state index contributed by atoms with van der Waals surface area (Å²) in [5, 5.41) is 0. The molecule has 58 valence electrons. The average molecular weight is 201 g/mol. The molecule has 0 saturated heterocycles. The van der Waals surface area contributed by atoms with Crippen molar-refractivity contribution in [2.24, 2.45) is 0 Å². The third-order valence-corrected chi connectivity index (χ3v) is 1.90. The number of hydrogen-bond acceptors (Lipinski definition) is 4. The standard InChI is InChI=1S/H3NO6S2.Na.H/c2-8(3,4)1-9(5,6)7;;/h1H,(H,2,3,4)(H,5,6,7);;. The Balaban J connectivity index is 0. The molecule has 0 fully saturated rings. The molecule has 0 spiro atoms. The Morgan fingerprint density at radius 1 is 0.900 bits per heavy atom. The van der Waals surface area contributed by atoms with E-state index in [0.29, 0.717) is 4.13 Å². The van der Waals surface area contributed by atoms with Crippen LogP contribution in [0.5, 0.6) is 0 Å². The maximum absolute atomic E-state index is 9.55. The first-order valence-corrected chi connectivity index (χ1v) is 4.32. The number of nitrogens with one attached hydrogen (secondary N) is 1. The van der Waals surface area contributed by atoms with Crippen molar-refractivity contribution in [3.63, 3.8) is 0 Å². The van der Waals surface area contributed by atoms with Gasteiger partial charge >= 0.3 is 50.2 Å². The summed E-state index contributed by atoms with van der Waals surface area (Å²) in [6, 6.07) is 0. The van der Waals surface area contributed by atoms with Gasteiger partial charge < -0.3 is 0 Å². The van der Waals surface area contributed by atoms with Crippen molar-refractivity contribution in [1.29, 1.82) is 0 Å². The van der Waals surface area contributed by atoms with Crippen molar-refractivity contribution in [2.75, 3.05) is 0 Å². The molecule has 0 rings (SSSR count). The quantitative estimate of drug-likeness (QED) is 0.336. The molecule has 0 aliphatic rings. The summed E-state index contributed by atoms with van der Waals surface area (Å²) in [6.07, 6.45) is 0. The second kappa shape index (κ2) is 3.97. The van der Waals surface area contributed by atoms with E-state index in [-0.39, 0.29) is 29.6 Å². The van der Waals surface area contributed by atoms with Gasteiger partial charge in [0.1, 0.15) is 0 Å². The third kappa shape index (κ3) is 11.6. The van der Waals surface area contributed by atoms with Gasteiger partial charge in [0.05, 0.1) is 0 Å². The van der Waals surface area contributed by atoms with E-state index >= 15 is 0 Å². The molecule has 7 nitrogen and oxygen atoms in total. The summed E-state index contributed by atoms with van der Waals surface area (Å²) >= 11 is 0. The SMILES string of the molecule is O=S(=O)(O)NS(=O)(=O)O.[NaH]. The van der Waals surface area contributed by atoms with E-state index in [9.17, 15) is 16.8 Å². The Bertz CT molecular complexity index is 241. The molecule has 0 saturated carbocycles. The van der Waals surface area contributed by atoms with Crippen LogP contribution in [-0.2, 0) is 20.6 Å². The molecule has 0 aromatic rings. The maximum atomic E-state index is 9.55. The third-order valence-electron chi connectivity index (χ3n) is 0.211. The van der Waals surface area contributed by atoms with Gasteiger partial charge in [0.15, 0.2) is 0 Å². The summed E-state index contributed by atoms with van der Waals surface area (Å²) in [5.74, 6) is 0. The Labute approximate surface area is 79.9 Å². The molecule has 0 aliphatic carbocycles. The van der Waals surface area contributed by atoms with Crippen molar-refractivity contribution < 1.29 is 25.9 Å². The molecule has 3 N–H and O–H groups in total. The van der Waals surface area contributed by atoms with Crippen LogP contribution in [0.4, 0.5) is 0 Å². The summed E-state index contributed by atoms with van der Waals surface area (Å²) in [4.78, 5) is 0. The summed E-state index contributed by atoms with van der Waals surface area (Å²) in [7, 11) is -9.74.